The van der Waals surface area contributed by atoms with Gasteiger partial charge in [-0.25, -0.2) is 0 Å². The fraction of sp³-hybridized carbons (Fsp3) is 0.455. The Bertz CT molecular complexity index is 354. The molecule has 0 bridgehead atoms. The van der Waals surface area contributed by atoms with E-state index >= 15 is 0 Å². The third-order valence-electron chi connectivity index (χ3n) is 2.54. The van der Waals surface area contributed by atoms with Crippen LogP contribution >= 0.6 is 27.5 Å². The summed E-state index contributed by atoms with van der Waals surface area (Å²) in [6.45, 7) is 3.88. The molecule has 4 heteroatoms. The standard InChI is InChI=1S/C11H15BrClNO/c1-11(2,6-15)10(14)8-5-7(13)3-4-9(8)12/h3-5,10,15H,6,14H2,1-2H3/t10-/m1/s1. The first-order chi connectivity index (χ1) is 6.88. The van der Waals surface area contributed by atoms with Gasteiger partial charge in [0.1, 0.15) is 0 Å². The lowest BCUT2D eigenvalue weighted by molar-refractivity contribution is 0.132. The molecule has 0 aliphatic heterocycles. The molecule has 3 N–H and O–H groups in total. The van der Waals surface area contributed by atoms with Crippen LogP contribution in [0.15, 0.2) is 22.7 Å². The van der Waals surface area contributed by atoms with Crippen molar-refractivity contribution in [3.63, 3.8) is 0 Å². The zero-order valence-corrected chi connectivity index (χ0v) is 11.1. The highest BCUT2D eigenvalue weighted by atomic mass is 79.9. The van der Waals surface area contributed by atoms with Crippen molar-refractivity contribution < 1.29 is 5.11 Å². The average molecular weight is 293 g/mol. The molecule has 0 saturated heterocycles. The molecule has 1 atom stereocenters. The normalized spacial score (nSPS) is 14.0. The second-order valence-corrected chi connectivity index (χ2v) is 5.58. The van der Waals surface area contributed by atoms with Crippen molar-refractivity contribution in [3.8, 4) is 0 Å². The minimum atomic E-state index is -0.368. The van der Waals surface area contributed by atoms with Gasteiger partial charge >= 0.3 is 0 Å². The molecule has 0 spiro atoms. The molecule has 0 unspecified atom stereocenters. The summed E-state index contributed by atoms with van der Waals surface area (Å²) in [6, 6.07) is 5.24. The van der Waals surface area contributed by atoms with Crippen molar-refractivity contribution in [2.45, 2.75) is 19.9 Å². The highest BCUT2D eigenvalue weighted by Crippen LogP contribution is 2.35. The highest BCUT2D eigenvalue weighted by molar-refractivity contribution is 9.10. The number of aliphatic hydroxyl groups is 1. The Morgan fingerprint density at radius 1 is 1.53 bits per heavy atom. The summed E-state index contributed by atoms with van der Waals surface area (Å²) >= 11 is 9.35. The van der Waals surface area contributed by atoms with Crippen LogP contribution in [-0.4, -0.2) is 11.7 Å². The molecule has 0 aliphatic carbocycles. The Labute approximate surface area is 104 Å². The Kier molecular flexibility index (Phi) is 4.18. The van der Waals surface area contributed by atoms with E-state index in [0.717, 1.165) is 10.0 Å². The van der Waals surface area contributed by atoms with E-state index in [9.17, 15) is 5.11 Å². The Hall–Kier alpha value is -0.0900. The summed E-state index contributed by atoms with van der Waals surface area (Å²) in [5.41, 5.74) is 6.65. The van der Waals surface area contributed by atoms with E-state index in [4.69, 9.17) is 17.3 Å². The average Bonchev–Trinajstić information content (AvgIpc) is 2.20. The van der Waals surface area contributed by atoms with Gasteiger partial charge < -0.3 is 10.8 Å². The van der Waals surface area contributed by atoms with Gasteiger partial charge in [0.2, 0.25) is 0 Å². The summed E-state index contributed by atoms with van der Waals surface area (Å²) in [5, 5.41) is 9.91. The molecule has 0 heterocycles. The van der Waals surface area contributed by atoms with Crippen molar-refractivity contribution in [3.05, 3.63) is 33.3 Å². The van der Waals surface area contributed by atoms with Crippen LogP contribution in [-0.2, 0) is 0 Å². The minimum absolute atomic E-state index is 0.0348. The Balaban J connectivity index is 3.10. The monoisotopic (exact) mass is 291 g/mol. The summed E-state index contributed by atoms with van der Waals surface area (Å²) in [4.78, 5) is 0. The molecule has 1 aromatic carbocycles. The lowest BCUT2D eigenvalue weighted by Crippen LogP contribution is -2.32. The molecular weight excluding hydrogens is 277 g/mol. The number of hydrogen-bond acceptors (Lipinski definition) is 2. The van der Waals surface area contributed by atoms with Crippen molar-refractivity contribution in [2.24, 2.45) is 11.1 Å². The van der Waals surface area contributed by atoms with Crippen molar-refractivity contribution in [1.29, 1.82) is 0 Å². The zero-order chi connectivity index (χ0) is 11.6. The van der Waals surface area contributed by atoms with E-state index in [0.29, 0.717) is 5.02 Å². The van der Waals surface area contributed by atoms with Gasteiger partial charge in [0.05, 0.1) is 0 Å². The van der Waals surface area contributed by atoms with Gasteiger partial charge in [-0.1, -0.05) is 41.4 Å². The molecule has 15 heavy (non-hydrogen) atoms. The van der Waals surface area contributed by atoms with E-state index in [1.54, 1.807) is 6.07 Å². The van der Waals surface area contributed by atoms with Crippen LogP contribution in [0.1, 0.15) is 25.5 Å². The number of hydrogen-bond donors (Lipinski definition) is 2. The van der Waals surface area contributed by atoms with Gasteiger partial charge in [0, 0.05) is 27.6 Å². The first kappa shape index (κ1) is 13.0. The molecule has 1 aromatic rings. The molecular formula is C11H15BrClNO. The Morgan fingerprint density at radius 3 is 2.67 bits per heavy atom. The molecule has 0 saturated carbocycles. The lowest BCUT2D eigenvalue weighted by Gasteiger charge is -2.30. The van der Waals surface area contributed by atoms with Gasteiger partial charge in [-0.2, -0.15) is 0 Å². The minimum Gasteiger partial charge on any atom is -0.396 e. The zero-order valence-electron chi connectivity index (χ0n) is 8.80. The first-order valence-electron chi connectivity index (χ1n) is 4.70. The maximum Gasteiger partial charge on any atom is 0.0500 e. The second-order valence-electron chi connectivity index (χ2n) is 4.29. The topological polar surface area (TPSA) is 46.2 Å². The number of halogens is 2. The fourth-order valence-electron chi connectivity index (χ4n) is 1.27. The van der Waals surface area contributed by atoms with Gasteiger partial charge in [-0.05, 0) is 23.8 Å². The van der Waals surface area contributed by atoms with Gasteiger partial charge in [-0.15, -0.1) is 0 Å². The molecule has 2 nitrogen and oxygen atoms in total. The van der Waals surface area contributed by atoms with Crippen LogP contribution in [0.5, 0.6) is 0 Å². The van der Waals surface area contributed by atoms with Gasteiger partial charge in [-0.3, -0.25) is 0 Å². The van der Waals surface area contributed by atoms with Crippen LogP contribution in [0.25, 0.3) is 0 Å². The largest absolute Gasteiger partial charge is 0.396 e. The summed E-state index contributed by atoms with van der Waals surface area (Å²) in [5.74, 6) is 0. The van der Waals surface area contributed by atoms with Crippen LogP contribution in [0.3, 0.4) is 0 Å². The van der Waals surface area contributed by atoms with Crippen LogP contribution in [0, 0.1) is 5.41 Å². The third-order valence-corrected chi connectivity index (χ3v) is 3.50. The van der Waals surface area contributed by atoms with E-state index in [-0.39, 0.29) is 18.1 Å². The van der Waals surface area contributed by atoms with E-state index in [2.05, 4.69) is 15.9 Å². The summed E-state index contributed by atoms with van der Waals surface area (Å²) < 4.78 is 0.918. The maximum absolute atomic E-state index is 9.26. The molecule has 0 aromatic heterocycles. The third kappa shape index (κ3) is 2.94. The molecule has 0 aliphatic rings. The van der Waals surface area contributed by atoms with Gasteiger partial charge in [0.25, 0.3) is 0 Å². The number of benzene rings is 1. The van der Waals surface area contributed by atoms with Gasteiger partial charge in [0.15, 0.2) is 0 Å². The van der Waals surface area contributed by atoms with E-state index in [1.807, 2.05) is 26.0 Å². The molecule has 0 fully saturated rings. The van der Waals surface area contributed by atoms with Crippen molar-refractivity contribution >= 4 is 27.5 Å². The van der Waals surface area contributed by atoms with Crippen molar-refractivity contribution in [1.82, 2.24) is 0 Å². The number of rotatable bonds is 3. The molecule has 0 radical (unpaired) electrons. The Morgan fingerprint density at radius 2 is 2.13 bits per heavy atom. The molecule has 0 amide bonds. The second kappa shape index (κ2) is 4.83. The number of nitrogens with two attached hydrogens (primary N) is 1. The van der Waals surface area contributed by atoms with Crippen LogP contribution in [0.2, 0.25) is 5.02 Å². The maximum atomic E-state index is 9.26. The van der Waals surface area contributed by atoms with Crippen molar-refractivity contribution in [2.75, 3.05) is 6.61 Å². The predicted octanol–water partition coefficient (Wildman–Crippen LogP) is 3.12. The summed E-state index contributed by atoms with van der Waals surface area (Å²) in [6.07, 6.45) is 0. The van der Waals surface area contributed by atoms with E-state index in [1.165, 1.54) is 0 Å². The predicted molar refractivity (Wildman–Crippen MR) is 66.9 cm³/mol. The smallest absolute Gasteiger partial charge is 0.0500 e. The molecule has 1 rings (SSSR count). The summed E-state index contributed by atoms with van der Waals surface area (Å²) in [7, 11) is 0. The van der Waals surface area contributed by atoms with Crippen LogP contribution in [0.4, 0.5) is 0 Å². The highest BCUT2D eigenvalue weighted by Gasteiger charge is 2.28. The molecule has 84 valence electrons. The van der Waals surface area contributed by atoms with E-state index < -0.39 is 0 Å². The number of aliphatic hydroxyl groups excluding tert-OH is 1. The SMILES string of the molecule is CC(C)(CO)[C@H](N)c1cc(Cl)ccc1Br. The first-order valence-corrected chi connectivity index (χ1v) is 5.87. The quantitative estimate of drug-likeness (QED) is 0.899. The lowest BCUT2D eigenvalue weighted by atomic mass is 9.82. The van der Waals surface area contributed by atoms with Crippen LogP contribution < -0.4 is 5.73 Å². The fourth-order valence-corrected chi connectivity index (χ4v) is 1.95.